The maximum Gasteiger partial charge on any atom is 0.416 e. The first kappa shape index (κ1) is 15.1. The highest BCUT2D eigenvalue weighted by molar-refractivity contribution is 6.09. The molecule has 0 saturated heterocycles. The topological polar surface area (TPSA) is 38.4 Å². The van der Waals surface area contributed by atoms with E-state index in [4.69, 9.17) is 5.73 Å². The number of allylic oxidation sites excluding steroid dienone is 1. The number of rotatable bonds is 4. The monoisotopic (exact) mass is 308 g/mol. The highest BCUT2D eigenvalue weighted by Gasteiger charge is 2.41. The van der Waals surface area contributed by atoms with Crippen LogP contribution in [0, 0.1) is 0 Å². The molecule has 0 heterocycles. The van der Waals surface area contributed by atoms with Crippen molar-refractivity contribution in [2.45, 2.75) is 50.2 Å². The Balaban J connectivity index is 2.01. The van der Waals surface area contributed by atoms with Gasteiger partial charge in [0.05, 0.1) is 11.6 Å². The minimum absolute atomic E-state index is 0.136. The molecule has 3 rings (SSSR count). The summed E-state index contributed by atoms with van der Waals surface area (Å²) in [6, 6.07) is 4.55. The van der Waals surface area contributed by atoms with Gasteiger partial charge in [-0.05, 0) is 54.4 Å². The average molecular weight is 308 g/mol. The molecule has 0 aliphatic heterocycles. The lowest BCUT2D eigenvalue weighted by atomic mass is 9.92. The fourth-order valence-electron chi connectivity index (χ4n) is 2.41. The van der Waals surface area contributed by atoms with E-state index in [1.54, 1.807) is 6.21 Å². The van der Waals surface area contributed by atoms with Crippen molar-refractivity contribution >= 4 is 11.8 Å². The average Bonchev–Trinajstić information content (AvgIpc) is 3.36. The Bertz CT molecular complexity index is 612. The number of nitrogens with two attached hydrogens (primary N) is 1. The van der Waals surface area contributed by atoms with Crippen molar-refractivity contribution in [3.05, 3.63) is 41.1 Å². The number of halogens is 3. The van der Waals surface area contributed by atoms with Crippen LogP contribution in [0.1, 0.15) is 49.3 Å². The first-order valence-corrected chi connectivity index (χ1v) is 7.50. The van der Waals surface area contributed by atoms with Gasteiger partial charge in [-0.15, -0.1) is 0 Å². The molecule has 2 nitrogen and oxygen atoms in total. The van der Waals surface area contributed by atoms with Crippen molar-refractivity contribution in [3.63, 3.8) is 0 Å². The van der Waals surface area contributed by atoms with Crippen molar-refractivity contribution < 1.29 is 13.2 Å². The third-order valence-corrected chi connectivity index (χ3v) is 4.44. The number of benzene rings is 1. The molecule has 1 aromatic rings. The summed E-state index contributed by atoms with van der Waals surface area (Å²) in [5.74, 6) is 0. The molecular formula is C17H19F3N2. The zero-order chi connectivity index (χ0) is 16.0. The maximum absolute atomic E-state index is 13.2. The molecule has 2 fully saturated rings. The second-order valence-corrected chi connectivity index (χ2v) is 6.49. The zero-order valence-corrected chi connectivity index (χ0v) is 12.5. The van der Waals surface area contributed by atoms with E-state index < -0.39 is 11.7 Å². The van der Waals surface area contributed by atoms with E-state index in [1.165, 1.54) is 12.3 Å². The molecule has 0 aromatic heterocycles. The molecule has 2 aliphatic rings. The van der Waals surface area contributed by atoms with Gasteiger partial charge in [-0.1, -0.05) is 13.0 Å². The summed E-state index contributed by atoms with van der Waals surface area (Å²) in [7, 11) is 0. The predicted octanol–water partition coefficient (Wildman–Crippen LogP) is 4.29. The molecule has 22 heavy (non-hydrogen) atoms. The molecule has 0 amide bonds. The minimum atomic E-state index is -4.36. The summed E-state index contributed by atoms with van der Waals surface area (Å²) in [5.41, 5.74) is 6.63. The molecular weight excluding hydrogens is 289 g/mol. The van der Waals surface area contributed by atoms with Crippen molar-refractivity contribution in [1.82, 2.24) is 0 Å². The van der Waals surface area contributed by atoms with E-state index in [1.807, 2.05) is 13.0 Å². The van der Waals surface area contributed by atoms with Crippen LogP contribution in [0.3, 0.4) is 0 Å². The van der Waals surface area contributed by atoms with Gasteiger partial charge in [-0.25, -0.2) is 0 Å². The number of nitrogens with zero attached hydrogens (tertiary/aromatic N) is 1. The molecule has 0 bridgehead atoms. The third-order valence-electron chi connectivity index (χ3n) is 4.44. The van der Waals surface area contributed by atoms with Gasteiger partial charge in [0.15, 0.2) is 0 Å². The Kier molecular flexibility index (Phi) is 3.54. The van der Waals surface area contributed by atoms with E-state index in [-0.39, 0.29) is 5.41 Å². The van der Waals surface area contributed by atoms with Crippen LogP contribution in [0.15, 0.2) is 29.4 Å². The number of aliphatic imine (C=N–C) groups is 1. The van der Waals surface area contributed by atoms with Crippen molar-refractivity contribution in [3.8, 4) is 0 Å². The van der Waals surface area contributed by atoms with E-state index in [2.05, 4.69) is 4.99 Å². The normalized spacial score (nSPS) is 21.4. The lowest BCUT2D eigenvalue weighted by Gasteiger charge is -2.16. The summed E-state index contributed by atoms with van der Waals surface area (Å²) in [6.45, 7) is 2.00. The standard InChI is InChI=1S/C17H19F3N2/c1-16(4-5-16)13-6-11(7-14(8-13)17(18,19)20)12(9-21)10-22-15-2-3-15/h6-10,15H,2-5,21H2,1H3/b12-9+,22-10?. The van der Waals surface area contributed by atoms with Crippen LogP contribution >= 0.6 is 0 Å². The van der Waals surface area contributed by atoms with Crippen LogP contribution in [-0.2, 0) is 11.6 Å². The molecule has 5 heteroatoms. The van der Waals surface area contributed by atoms with E-state index in [0.717, 1.165) is 37.3 Å². The Morgan fingerprint density at radius 1 is 1.27 bits per heavy atom. The number of alkyl halides is 3. The second kappa shape index (κ2) is 5.14. The Morgan fingerprint density at radius 3 is 2.45 bits per heavy atom. The molecule has 0 radical (unpaired) electrons. The molecule has 2 N–H and O–H groups in total. The summed E-state index contributed by atoms with van der Waals surface area (Å²) in [6.07, 6.45) is 2.51. The molecule has 0 atom stereocenters. The zero-order valence-electron chi connectivity index (χ0n) is 12.5. The molecule has 1 aromatic carbocycles. The van der Waals surface area contributed by atoms with Crippen molar-refractivity contribution in [2.24, 2.45) is 10.7 Å². The molecule has 2 saturated carbocycles. The van der Waals surface area contributed by atoms with Crippen LogP contribution in [0.5, 0.6) is 0 Å². The van der Waals surface area contributed by atoms with Crippen molar-refractivity contribution in [1.29, 1.82) is 0 Å². The van der Waals surface area contributed by atoms with Gasteiger partial charge in [-0.2, -0.15) is 13.2 Å². The van der Waals surface area contributed by atoms with Crippen LogP contribution in [0.25, 0.3) is 5.57 Å². The lowest BCUT2D eigenvalue weighted by Crippen LogP contribution is -2.10. The fraction of sp³-hybridized carbons (Fsp3) is 0.471. The van der Waals surface area contributed by atoms with Crippen LogP contribution in [0.4, 0.5) is 13.2 Å². The molecule has 2 aliphatic carbocycles. The number of hydrogen-bond donors (Lipinski definition) is 1. The minimum Gasteiger partial charge on any atom is -0.404 e. The van der Waals surface area contributed by atoms with Gasteiger partial charge in [0.2, 0.25) is 0 Å². The summed E-state index contributed by atoms with van der Waals surface area (Å²) in [5, 5.41) is 0. The summed E-state index contributed by atoms with van der Waals surface area (Å²) >= 11 is 0. The SMILES string of the molecule is CC1(c2cc(/C(C=NC3CC3)=C/N)cc(C(F)(F)F)c2)CC1. The largest absolute Gasteiger partial charge is 0.416 e. The van der Waals surface area contributed by atoms with Crippen LogP contribution in [-0.4, -0.2) is 12.3 Å². The lowest BCUT2D eigenvalue weighted by molar-refractivity contribution is -0.137. The van der Waals surface area contributed by atoms with Gasteiger partial charge < -0.3 is 5.73 Å². The Morgan fingerprint density at radius 2 is 1.95 bits per heavy atom. The quantitative estimate of drug-likeness (QED) is 0.828. The molecule has 118 valence electrons. The van der Waals surface area contributed by atoms with Crippen LogP contribution < -0.4 is 5.73 Å². The van der Waals surface area contributed by atoms with Gasteiger partial charge in [0.25, 0.3) is 0 Å². The van der Waals surface area contributed by atoms with Gasteiger partial charge in [-0.3, -0.25) is 4.99 Å². The van der Waals surface area contributed by atoms with Gasteiger partial charge >= 0.3 is 6.18 Å². The van der Waals surface area contributed by atoms with Gasteiger partial charge in [0.1, 0.15) is 0 Å². The highest BCUT2D eigenvalue weighted by atomic mass is 19.4. The Hall–Kier alpha value is -1.78. The third kappa shape index (κ3) is 3.18. The predicted molar refractivity (Wildman–Crippen MR) is 81.7 cm³/mol. The summed E-state index contributed by atoms with van der Waals surface area (Å²) < 4.78 is 39.5. The first-order chi connectivity index (χ1) is 10.3. The smallest absolute Gasteiger partial charge is 0.404 e. The van der Waals surface area contributed by atoms with E-state index in [0.29, 0.717) is 17.2 Å². The molecule has 0 spiro atoms. The summed E-state index contributed by atoms with van der Waals surface area (Å²) in [4.78, 5) is 4.33. The highest BCUT2D eigenvalue weighted by Crippen LogP contribution is 2.49. The molecule has 0 unspecified atom stereocenters. The number of hydrogen-bond acceptors (Lipinski definition) is 2. The maximum atomic E-state index is 13.2. The Labute approximate surface area is 127 Å². The van der Waals surface area contributed by atoms with Crippen LogP contribution in [0.2, 0.25) is 0 Å². The van der Waals surface area contributed by atoms with Crippen molar-refractivity contribution in [2.75, 3.05) is 0 Å². The van der Waals surface area contributed by atoms with Gasteiger partial charge in [0, 0.05) is 18.0 Å². The van der Waals surface area contributed by atoms with E-state index >= 15 is 0 Å². The fourth-order valence-corrected chi connectivity index (χ4v) is 2.41. The second-order valence-electron chi connectivity index (χ2n) is 6.49. The first-order valence-electron chi connectivity index (χ1n) is 7.50. The van der Waals surface area contributed by atoms with E-state index in [9.17, 15) is 13.2 Å².